The number of carbonyl (C=O) groups is 1. The first-order valence-corrected chi connectivity index (χ1v) is 9.92. The van der Waals surface area contributed by atoms with Gasteiger partial charge in [-0.05, 0) is 18.6 Å². The van der Waals surface area contributed by atoms with Gasteiger partial charge in [-0.1, -0.05) is 11.3 Å². The van der Waals surface area contributed by atoms with E-state index in [0.29, 0.717) is 6.61 Å². The maximum atomic E-state index is 12.7. The molecule has 3 aliphatic heterocycles. The van der Waals surface area contributed by atoms with E-state index in [1.807, 2.05) is 11.0 Å². The normalized spacial score (nSPS) is 25.3. The van der Waals surface area contributed by atoms with Crippen LogP contribution in [0.5, 0.6) is 5.75 Å². The Labute approximate surface area is 155 Å². The predicted molar refractivity (Wildman–Crippen MR) is 100 cm³/mol. The maximum absolute atomic E-state index is 12.7. The first kappa shape index (κ1) is 16.3. The Kier molecular flexibility index (Phi) is 3.99. The van der Waals surface area contributed by atoms with Crippen molar-refractivity contribution in [3.05, 3.63) is 17.7 Å². The van der Waals surface area contributed by atoms with E-state index in [4.69, 9.17) is 14.5 Å². The van der Waals surface area contributed by atoms with Gasteiger partial charge in [-0.3, -0.25) is 9.80 Å². The molecule has 0 bridgehead atoms. The number of ether oxygens (including phenoxy) is 2. The Hall–Kier alpha value is -1.90. The molecule has 1 N–H and O–H groups in total. The smallest absolute Gasteiger partial charge is 0.324 e. The molecule has 2 unspecified atom stereocenters. The highest BCUT2D eigenvalue weighted by molar-refractivity contribution is 7.22. The molecule has 2 fully saturated rings. The van der Waals surface area contributed by atoms with Gasteiger partial charge in [-0.25, -0.2) is 9.78 Å². The summed E-state index contributed by atoms with van der Waals surface area (Å²) < 4.78 is 12.0. The number of aromatic nitrogens is 1. The molecule has 0 saturated carbocycles. The van der Waals surface area contributed by atoms with Crippen LogP contribution in [0.25, 0.3) is 10.2 Å². The van der Waals surface area contributed by atoms with E-state index < -0.39 is 0 Å². The summed E-state index contributed by atoms with van der Waals surface area (Å²) in [6, 6.07) is 4.37. The van der Waals surface area contributed by atoms with Crippen LogP contribution in [-0.4, -0.2) is 68.0 Å². The van der Waals surface area contributed by atoms with E-state index in [2.05, 4.69) is 16.3 Å². The van der Waals surface area contributed by atoms with Crippen molar-refractivity contribution in [1.29, 1.82) is 0 Å². The fraction of sp³-hybridized carbons (Fsp3) is 0.556. The van der Waals surface area contributed by atoms with Crippen molar-refractivity contribution in [2.45, 2.75) is 24.9 Å². The number of likely N-dealkylation sites (tertiary alicyclic amines) is 1. The molecule has 138 valence electrons. The first-order valence-electron chi connectivity index (χ1n) is 9.11. The molecule has 4 heterocycles. The second kappa shape index (κ2) is 6.37. The van der Waals surface area contributed by atoms with Gasteiger partial charge in [0.1, 0.15) is 5.75 Å². The van der Waals surface area contributed by atoms with Crippen LogP contribution < -0.4 is 15.0 Å². The Balaban J connectivity index is 1.42. The van der Waals surface area contributed by atoms with Gasteiger partial charge in [-0.2, -0.15) is 0 Å². The minimum Gasteiger partial charge on any atom is -0.493 e. The predicted octanol–water partition coefficient (Wildman–Crippen LogP) is 1.85. The molecule has 0 radical (unpaired) electrons. The third-order valence-electron chi connectivity index (χ3n) is 5.56. The second-order valence-electron chi connectivity index (χ2n) is 7.06. The summed E-state index contributed by atoms with van der Waals surface area (Å²) >= 11 is 1.60. The fourth-order valence-electron chi connectivity index (χ4n) is 4.25. The van der Waals surface area contributed by atoms with Crippen molar-refractivity contribution < 1.29 is 14.3 Å². The number of nitrogens with zero attached hydrogens (tertiary/aromatic N) is 3. The van der Waals surface area contributed by atoms with Crippen LogP contribution in [0.3, 0.4) is 0 Å². The lowest BCUT2D eigenvalue weighted by atomic mass is 10.0. The third kappa shape index (κ3) is 2.55. The highest BCUT2D eigenvalue weighted by atomic mass is 32.1. The van der Waals surface area contributed by atoms with Gasteiger partial charge >= 0.3 is 6.03 Å². The van der Waals surface area contributed by atoms with Crippen molar-refractivity contribution in [3.63, 3.8) is 0 Å². The number of urea groups is 1. The lowest BCUT2D eigenvalue weighted by Gasteiger charge is -2.35. The SMILES string of the molecule is COCCN1CCC2C(C1)NC(=O)N2c1nc2c3c(ccc2s1)OCC3. The largest absolute Gasteiger partial charge is 0.493 e. The number of amides is 2. The molecule has 2 saturated heterocycles. The number of rotatable bonds is 4. The van der Waals surface area contributed by atoms with Gasteiger partial charge in [0.15, 0.2) is 5.13 Å². The minimum absolute atomic E-state index is 0.0273. The van der Waals surface area contributed by atoms with Gasteiger partial charge in [-0.15, -0.1) is 0 Å². The molecule has 1 aromatic carbocycles. The van der Waals surface area contributed by atoms with Crippen molar-refractivity contribution in [2.75, 3.05) is 44.9 Å². The molecular formula is C18H22N4O3S. The number of carbonyl (C=O) groups excluding carboxylic acids is 1. The van der Waals surface area contributed by atoms with E-state index >= 15 is 0 Å². The molecule has 8 heteroatoms. The average molecular weight is 374 g/mol. The van der Waals surface area contributed by atoms with Crippen molar-refractivity contribution in [3.8, 4) is 5.75 Å². The van der Waals surface area contributed by atoms with Crippen LogP contribution in [0.1, 0.15) is 12.0 Å². The Morgan fingerprint density at radius 3 is 3.27 bits per heavy atom. The lowest BCUT2D eigenvalue weighted by molar-refractivity contribution is 0.123. The van der Waals surface area contributed by atoms with E-state index in [1.54, 1.807) is 18.4 Å². The minimum atomic E-state index is -0.0273. The van der Waals surface area contributed by atoms with Gasteiger partial charge < -0.3 is 14.8 Å². The molecule has 2 atom stereocenters. The number of benzene rings is 1. The monoisotopic (exact) mass is 374 g/mol. The fourth-order valence-corrected chi connectivity index (χ4v) is 5.30. The van der Waals surface area contributed by atoms with Gasteiger partial charge in [0.05, 0.1) is 35.5 Å². The zero-order valence-corrected chi connectivity index (χ0v) is 15.6. The molecule has 5 rings (SSSR count). The molecule has 0 spiro atoms. The summed E-state index contributed by atoms with van der Waals surface area (Å²) in [5, 5.41) is 3.96. The summed E-state index contributed by atoms with van der Waals surface area (Å²) in [5.41, 5.74) is 2.17. The summed E-state index contributed by atoms with van der Waals surface area (Å²) in [4.78, 5) is 21.8. The number of nitrogens with one attached hydrogen (secondary N) is 1. The summed E-state index contributed by atoms with van der Waals surface area (Å²) in [6.07, 6.45) is 1.84. The topological polar surface area (TPSA) is 66.9 Å². The first-order chi connectivity index (χ1) is 12.7. The number of anilines is 1. The number of methoxy groups -OCH3 is 1. The van der Waals surface area contributed by atoms with E-state index in [-0.39, 0.29) is 18.1 Å². The van der Waals surface area contributed by atoms with Crippen LogP contribution in [-0.2, 0) is 11.2 Å². The van der Waals surface area contributed by atoms with Crippen LogP contribution in [0.15, 0.2) is 12.1 Å². The van der Waals surface area contributed by atoms with Crippen LogP contribution in [0.4, 0.5) is 9.93 Å². The summed E-state index contributed by atoms with van der Waals surface area (Å²) in [6.45, 7) is 4.19. The number of thiazole rings is 1. The lowest BCUT2D eigenvalue weighted by Crippen LogP contribution is -2.51. The number of hydrogen-bond acceptors (Lipinski definition) is 6. The quantitative estimate of drug-likeness (QED) is 0.885. The molecule has 7 nitrogen and oxygen atoms in total. The van der Waals surface area contributed by atoms with E-state index in [9.17, 15) is 4.79 Å². The molecule has 3 aliphatic rings. The highest BCUT2D eigenvalue weighted by Crippen LogP contribution is 2.39. The van der Waals surface area contributed by atoms with Crippen LogP contribution in [0, 0.1) is 0 Å². The van der Waals surface area contributed by atoms with Crippen molar-refractivity contribution in [1.82, 2.24) is 15.2 Å². The van der Waals surface area contributed by atoms with Crippen molar-refractivity contribution >= 4 is 32.7 Å². The number of piperidine rings is 1. The standard InChI is InChI=1S/C18H22N4O3S/c1-24-9-7-21-6-4-13-12(10-21)19-17(23)22(13)18-20-16-11-5-8-25-14(11)2-3-15(16)26-18/h2-3,12-13H,4-10H2,1H3,(H,19,23). The second-order valence-corrected chi connectivity index (χ2v) is 8.07. The van der Waals surface area contributed by atoms with E-state index in [1.165, 1.54) is 5.56 Å². The number of hydrogen-bond donors (Lipinski definition) is 1. The maximum Gasteiger partial charge on any atom is 0.324 e. The Morgan fingerprint density at radius 1 is 1.46 bits per heavy atom. The van der Waals surface area contributed by atoms with Crippen LogP contribution in [0.2, 0.25) is 0 Å². The summed E-state index contributed by atoms with van der Waals surface area (Å²) in [7, 11) is 1.72. The third-order valence-corrected chi connectivity index (χ3v) is 6.58. The van der Waals surface area contributed by atoms with Gasteiger partial charge in [0.2, 0.25) is 0 Å². The molecule has 0 aliphatic carbocycles. The summed E-state index contributed by atoms with van der Waals surface area (Å²) in [5.74, 6) is 0.935. The molecular weight excluding hydrogens is 352 g/mol. The Morgan fingerprint density at radius 2 is 2.38 bits per heavy atom. The molecule has 2 amide bonds. The zero-order chi connectivity index (χ0) is 17.7. The Bertz CT molecular complexity index is 854. The average Bonchev–Trinajstić information content (AvgIpc) is 3.33. The molecule has 2 aromatic rings. The van der Waals surface area contributed by atoms with E-state index in [0.717, 1.165) is 60.2 Å². The van der Waals surface area contributed by atoms with Crippen molar-refractivity contribution in [2.24, 2.45) is 0 Å². The van der Waals surface area contributed by atoms with Crippen LogP contribution >= 0.6 is 11.3 Å². The molecule has 1 aromatic heterocycles. The highest BCUT2D eigenvalue weighted by Gasteiger charge is 2.44. The zero-order valence-electron chi connectivity index (χ0n) is 14.7. The van der Waals surface area contributed by atoms with Gasteiger partial charge in [0, 0.05) is 38.7 Å². The number of fused-ring (bicyclic) bond motifs is 4. The van der Waals surface area contributed by atoms with Gasteiger partial charge in [0.25, 0.3) is 0 Å². The molecule has 26 heavy (non-hydrogen) atoms.